The van der Waals surface area contributed by atoms with Crippen molar-refractivity contribution in [2.45, 2.75) is 44.5 Å². The molecule has 0 spiro atoms. The Labute approximate surface area is 247 Å². The quantitative estimate of drug-likeness (QED) is 0.196. The van der Waals surface area contributed by atoms with Gasteiger partial charge in [-0.1, -0.05) is 85.5 Å². The maximum atomic E-state index is 11.9. The zero-order valence-corrected chi connectivity index (χ0v) is 24.1. The van der Waals surface area contributed by atoms with Crippen LogP contribution in [0.5, 0.6) is 0 Å². The number of aliphatic hydroxyl groups excluding tert-OH is 1. The number of carbonyl (C=O) groups excluding carboxylic acids is 1. The second-order valence-corrected chi connectivity index (χ2v) is 10.7. The average molecular weight is 567 g/mol. The Kier molecular flexibility index (Phi) is 9.66. The molecule has 1 heterocycles. The van der Waals surface area contributed by atoms with Crippen molar-refractivity contribution >= 4 is 22.6 Å². The fourth-order valence-corrected chi connectivity index (χ4v) is 5.25. The van der Waals surface area contributed by atoms with E-state index >= 15 is 0 Å². The van der Waals surface area contributed by atoms with E-state index in [1.807, 2.05) is 36.4 Å². The highest BCUT2D eigenvalue weighted by Gasteiger charge is 2.33. The number of hydrogen-bond acceptors (Lipinski definition) is 6. The van der Waals surface area contributed by atoms with Crippen molar-refractivity contribution in [1.82, 2.24) is 4.90 Å². The van der Waals surface area contributed by atoms with Gasteiger partial charge in [-0.15, -0.1) is 0 Å². The minimum Gasteiger partial charge on any atom is -0.445 e. The van der Waals surface area contributed by atoms with Gasteiger partial charge in [0, 0.05) is 30.3 Å². The number of amides is 1. The number of nitrogens with one attached hydrogen (secondary N) is 1. The van der Waals surface area contributed by atoms with Crippen molar-refractivity contribution in [3.8, 4) is 0 Å². The summed E-state index contributed by atoms with van der Waals surface area (Å²) in [6, 6.07) is 30.5. The van der Waals surface area contributed by atoms with Crippen LogP contribution in [0.3, 0.4) is 0 Å². The van der Waals surface area contributed by atoms with E-state index < -0.39 is 12.4 Å². The van der Waals surface area contributed by atoms with Gasteiger partial charge in [-0.05, 0) is 59.6 Å². The molecule has 4 atom stereocenters. The molecule has 218 valence electrons. The van der Waals surface area contributed by atoms with Gasteiger partial charge in [0.15, 0.2) is 6.29 Å². The van der Waals surface area contributed by atoms with Crippen LogP contribution in [0, 0.1) is 0 Å². The lowest BCUT2D eigenvalue weighted by Crippen LogP contribution is -2.38. The SMILES string of the molecule is C=CCOC(=O)Nc1ccc([C@@H]2O[C@H](CN(C)[C@H](C)c3ccc4ccccc4c3)C[C@H](c3ccc(CO)cc3)O2)cc1. The molecule has 0 aliphatic carbocycles. The molecule has 0 unspecified atom stereocenters. The van der Waals surface area contributed by atoms with E-state index in [4.69, 9.17) is 14.2 Å². The first-order valence-corrected chi connectivity index (χ1v) is 14.3. The first-order chi connectivity index (χ1) is 20.4. The van der Waals surface area contributed by atoms with Crippen LogP contribution < -0.4 is 5.32 Å². The molecule has 0 aromatic heterocycles. The highest BCUT2D eigenvalue weighted by Crippen LogP contribution is 2.39. The molecule has 1 saturated heterocycles. The highest BCUT2D eigenvalue weighted by atomic mass is 16.7. The smallest absolute Gasteiger partial charge is 0.411 e. The Morgan fingerprint density at radius 2 is 1.74 bits per heavy atom. The molecule has 7 nitrogen and oxygen atoms in total. The van der Waals surface area contributed by atoms with E-state index in [-0.39, 0.29) is 31.5 Å². The molecule has 4 aromatic rings. The lowest BCUT2D eigenvalue weighted by molar-refractivity contribution is -0.253. The van der Waals surface area contributed by atoms with E-state index in [1.54, 1.807) is 12.1 Å². The summed E-state index contributed by atoms with van der Waals surface area (Å²) in [6.45, 7) is 6.63. The van der Waals surface area contributed by atoms with Crippen LogP contribution in [0.4, 0.5) is 10.5 Å². The van der Waals surface area contributed by atoms with Crippen molar-refractivity contribution in [2.24, 2.45) is 0 Å². The number of ether oxygens (including phenoxy) is 3. The predicted octanol–water partition coefficient (Wildman–Crippen LogP) is 7.31. The van der Waals surface area contributed by atoms with E-state index in [0.717, 1.165) is 16.7 Å². The van der Waals surface area contributed by atoms with Crippen LogP contribution in [-0.4, -0.2) is 42.4 Å². The molecule has 0 saturated carbocycles. The lowest BCUT2D eigenvalue weighted by Gasteiger charge is -2.39. The molecule has 1 aliphatic rings. The zero-order chi connectivity index (χ0) is 29.5. The molecule has 0 bridgehead atoms. The number of likely N-dealkylation sites (N-methyl/N-ethyl adjacent to an activating group) is 1. The monoisotopic (exact) mass is 566 g/mol. The summed E-state index contributed by atoms with van der Waals surface area (Å²) in [5.41, 5.74) is 4.62. The summed E-state index contributed by atoms with van der Waals surface area (Å²) in [7, 11) is 2.13. The van der Waals surface area contributed by atoms with Crippen LogP contribution in [0.2, 0.25) is 0 Å². The zero-order valence-electron chi connectivity index (χ0n) is 24.1. The van der Waals surface area contributed by atoms with Gasteiger partial charge in [0.05, 0.1) is 18.8 Å². The number of benzene rings is 4. The van der Waals surface area contributed by atoms with E-state index in [0.29, 0.717) is 18.7 Å². The topological polar surface area (TPSA) is 80.3 Å². The average Bonchev–Trinajstić information content (AvgIpc) is 3.03. The molecular formula is C35H38N2O5. The number of aliphatic hydroxyl groups is 1. The molecule has 4 aromatic carbocycles. The third-order valence-corrected chi connectivity index (χ3v) is 7.79. The van der Waals surface area contributed by atoms with Crippen molar-refractivity contribution in [1.29, 1.82) is 0 Å². The van der Waals surface area contributed by atoms with Gasteiger partial charge in [0.25, 0.3) is 0 Å². The van der Waals surface area contributed by atoms with Crippen LogP contribution in [0.15, 0.2) is 104 Å². The van der Waals surface area contributed by atoms with Gasteiger partial charge in [-0.3, -0.25) is 10.2 Å². The van der Waals surface area contributed by atoms with Crippen molar-refractivity contribution in [3.63, 3.8) is 0 Å². The third kappa shape index (κ3) is 7.24. The normalized spacial score (nSPS) is 19.4. The summed E-state index contributed by atoms with van der Waals surface area (Å²) >= 11 is 0. The highest BCUT2D eigenvalue weighted by molar-refractivity contribution is 5.84. The molecule has 7 heteroatoms. The maximum Gasteiger partial charge on any atom is 0.411 e. The summed E-state index contributed by atoms with van der Waals surface area (Å²) in [4.78, 5) is 14.2. The second kappa shape index (κ2) is 13.8. The number of anilines is 1. The van der Waals surface area contributed by atoms with E-state index in [1.165, 1.54) is 22.4 Å². The molecule has 1 fully saturated rings. The minimum atomic E-state index is -0.586. The number of nitrogens with zero attached hydrogens (tertiary/aromatic N) is 1. The molecular weight excluding hydrogens is 528 g/mol. The van der Waals surface area contributed by atoms with E-state index in [9.17, 15) is 9.90 Å². The van der Waals surface area contributed by atoms with Crippen molar-refractivity contribution < 1.29 is 24.1 Å². The Morgan fingerprint density at radius 1 is 1.02 bits per heavy atom. The molecule has 1 aliphatic heterocycles. The van der Waals surface area contributed by atoms with Crippen molar-refractivity contribution in [2.75, 3.05) is 25.5 Å². The summed E-state index contributed by atoms with van der Waals surface area (Å²) < 4.78 is 18.0. The fraction of sp³-hybridized carbons (Fsp3) is 0.286. The fourth-order valence-electron chi connectivity index (χ4n) is 5.25. The summed E-state index contributed by atoms with van der Waals surface area (Å²) in [5.74, 6) is 0. The largest absolute Gasteiger partial charge is 0.445 e. The molecule has 0 radical (unpaired) electrons. The standard InChI is InChI=1S/C35H38N2O5/c1-4-19-40-35(39)36-31-17-15-28(16-18-31)34-41-32(21-33(42-34)27-11-9-25(23-38)10-12-27)22-37(3)24(2)29-14-13-26-7-5-6-8-30(26)20-29/h4-18,20,24,32-34,38H,1,19,21-23H2,2-3H3,(H,36,39)/t24-,32+,33-,34-/m1/s1. The van der Waals surface area contributed by atoms with Gasteiger partial charge in [0.2, 0.25) is 0 Å². The number of fused-ring (bicyclic) bond motifs is 1. The summed E-state index contributed by atoms with van der Waals surface area (Å²) in [5, 5.41) is 14.7. The first kappa shape index (κ1) is 29.5. The minimum absolute atomic E-state index is 0.000857. The Bertz CT molecular complexity index is 1490. The Hall–Kier alpha value is -4.01. The maximum absolute atomic E-state index is 11.9. The second-order valence-electron chi connectivity index (χ2n) is 10.7. The van der Waals surface area contributed by atoms with Gasteiger partial charge in [-0.25, -0.2) is 4.79 Å². The van der Waals surface area contributed by atoms with Crippen LogP contribution in [0.1, 0.15) is 54.0 Å². The van der Waals surface area contributed by atoms with E-state index in [2.05, 4.69) is 73.2 Å². The Morgan fingerprint density at radius 3 is 2.45 bits per heavy atom. The molecule has 1 amide bonds. The van der Waals surface area contributed by atoms with Crippen molar-refractivity contribution in [3.05, 3.63) is 126 Å². The summed E-state index contributed by atoms with van der Waals surface area (Å²) in [6.07, 6.45) is 0.812. The Balaban J connectivity index is 1.32. The number of rotatable bonds is 10. The predicted molar refractivity (Wildman–Crippen MR) is 165 cm³/mol. The van der Waals surface area contributed by atoms with Crippen LogP contribution in [-0.2, 0) is 20.8 Å². The van der Waals surface area contributed by atoms with Gasteiger partial charge < -0.3 is 19.3 Å². The number of carbonyl (C=O) groups is 1. The van der Waals surface area contributed by atoms with Gasteiger partial charge in [0.1, 0.15) is 6.61 Å². The van der Waals surface area contributed by atoms with Gasteiger partial charge >= 0.3 is 6.09 Å². The van der Waals surface area contributed by atoms with Gasteiger partial charge in [-0.2, -0.15) is 0 Å². The van der Waals surface area contributed by atoms with Crippen LogP contribution in [0.25, 0.3) is 10.8 Å². The molecule has 2 N–H and O–H groups in total. The first-order valence-electron chi connectivity index (χ1n) is 14.3. The third-order valence-electron chi connectivity index (χ3n) is 7.79. The number of hydrogen-bond donors (Lipinski definition) is 2. The molecule has 5 rings (SSSR count). The van der Waals surface area contributed by atoms with Crippen LogP contribution >= 0.6 is 0 Å². The molecule has 42 heavy (non-hydrogen) atoms. The lowest BCUT2D eigenvalue weighted by atomic mass is 9.98.